The number of unbranched alkanes of at least 4 members (excludes halogenated alkanes) is 35. The molecular formula is C74H128O6. The zero-order chi connectivity index (χ0) is 57.8. The third-order valence-corrected chi connectivity index (χ3v) is 14.8. The summed E-state index contributed by atoms with van der Waals surface area (Å²) in [4.78, 5) is 38.4. The fourth-order valence-electron chi connectivity index (χ4n) is 9.67. The van der Waals surface area contributed by atoms with E-state index in [4.69, 9.17) is 14.2 Å². The van der Waals surface area contributed by atoms with Crippen LogP contribution in [0.4, 0.5) is 0 Å². The molecule has 0 bridgehead atoms. The van der Waals surface area contributed by atoms with Crippen molar-refractivity contribution in [3.05, 3.63) is 97.2 Å². The highest BCUT2D eigenvalue weighted by atomic mass is 16.6. The van der Waals surface area contributed by atoms with E-state index in [1.807, 2.05) is 0 Å². The highest BCUT2D eigenvalue weighted by Crippen LogP contribution is 2.16. The Morgan fingerprint density at radius 1 is 0.263 bits per heavy atom. The molecule has 1 unspecified atom stereocenters. The maximum Gasteiger partial charge on any atom is 0.306 e. The van der Waals surface area contributed by atoms with Crippen molar-refractivity contribution in [1.82, 2.24) is 0 Å². The lowest BCUT2D eigenvalue weighted by molar-refractivity contribution is -0.167. The lowest BCUT2D eigenvalue weighted by Gasteiger charge is -2.18. The van der Waals surface area contributed by atoms with Gasteiger partial charge in [-0.2, -0.15) is 0 Å². The summed E-state index contributed by atoms with van der Waals surface area (Å²) < 4.78 is 17.0. The molecule has 0 rings (SSSR count). The molecule has 6 heteroatoms. The summed E-state index contributed by atoms with van der Waals surface area (Å²) >= 11 is 0. The molecule has 0 saturated carbocycles. The second-order valence-electron chi connectivity index (χ2n) is 22.7. The summed E-state index contributed by atoms with van der Waals surface area (Å²) in [5.41, 5.74) is 0. The summed E-state index contributed by atoms with van der Waals surface area (Å²) in [7, 11) is 0. The van der Waals surface area contributed by atoms with Gasteiger partial charge in [-0.25, -0.2) is 0 Å². The van der Waals surface area contributed by atoms with E-state index in [1.54, 1.807) is 0 Å². The normalized spacial score (nSPS) is 12.7. The van der Waals surface area contributed by atoms with Crippen molar-refractivity contribution in [3.63, 3.8) is 0 Å². The number of esters is 3. The molecule has 0 aliphatic carbocycles. The fraction of sp³-hybridized carbons (Fsp3) is 0.743. The minimum atomic E-state index is -0.800. The molecule has 0 saturated heterocycles. The molecule has 0 aromatic heterocycles. The quantitative estimate of drug-likeness (QED) is 0.0261. The molecule has 0 heterocycles. The summed E-state index contributed by atoms with van der Waals surface area (Å²) in [6.45, 7) is 6.52. The molecule has 80 heavy (non-hydrogen) atoms. The molecule has 0 amide bonds. The smallest absolute Gasteiger partial charge is 0.306 e. The highest BCUT2D eigenvalue weighted by molar-refractivity contribution is 5.71. The Morgan fingerprint density at radius 3 is 0.787 bits per heavy atom. The molecule has 0 N–H and O–H groups in total. The molecule has 0 fully saturated rings. The number of carbonyl (C=O) groups is 3. The largest absolute Gasteiger partial charge is 0.462 e. The van der Waals surface area contributed by atoms with Crippen molar-refractivity contribution >= 4 is 17.9 Å². The Balaban J connectivity index is 4.39. The van der Waals surface area contributed by atoms with Gasteiger partial charge in [0.25, 0.3) is 0 Å². The molecule has 6 nitrogen and oxygen atoms in total. The third-order valence-electron chi connectivity index (χ3n) is 14.8. The van der Waals surface area contributed by atoms with Crippen LogP contribution in [0.2, 0.25) is 0 Å². The first-order valence-corrected chi connectivity index (χ1v) is 34.2. The number of ether oxygens (including phenoxy) is 3. The summed E-state index contributed by atoms with van der Waals surface area (Å²) in [6.07, 6.45) is 91.3. The van der Waals surface area contributed by atoms with Gasteiger partial charge in [0.15, 0.2) is 6.10 Å². The van der Waals surface area contributed by atoms with E-state index in [-0.39, 0.29) is 37.5 Å². The van der Waals surface area contributed by atoms with Crippen molar-refractivity contribution in [1.29, 1.82) is 0 Å². The number of carbonyl (C=O) groups excluding carboxylic acids is 3. The first-order chi connectivity index (χ1) is 39.5. The van der Waals surface area contributed by atoms with E-state index in [9.17, 15) is 14.4 Å². The van der Waals surface area contributed by atoms with Gasteiger partial charge in [0.1, 0.15) is 13.2 Å². The molecular weight excluding hydrogens is 985 g/mol. The molecule has 0 aliphatic heterocycles. The van der Waals surface area contributed by atoms with E-state index in [1.165, 1.54) is 193 Å². The zero-order valence-corrected chi connectivity index (χ0v) is 52.8. The van der Waals surface area contributed by atoms with Gasteiger partial charge in [-0.1, -0.05) is 291 Å². The topological polar surface area (TPSA) is 78.9 Å². The van der Waals surface area contributed by atoms with E-state index in [2.05, 4.69) is 118 Å². The van der Waals surface area contributed by atoms with Crippen LogP contribution in [0.5, 0.6) is 0 Å². The minimum absolute atomic E-state index is 0.0916. The van der Waals surface area contributed by atoms with Gasteiger partial charge in [0.2, 0.25) is 0 Å². The fourth-order valence-corrected chi connectivity index (χ4v) is 9.67. The van der Waals surface area contributed by atoms with E-state index in [0.717, 1.165) is 103 Å². The average Bonchev–Trinajstić information content (AvgIpc) is 3.46. The van der Waals surface area contributed by atoms with Crippen LogP contribution >= 0.6 is 0 Å². The second-order valence-corrected chi connectivity index (χ2v) is 22.7. The van der Waals surface area contributed by atoms with Crippen molar-refractivity contribution in [2.75, 3.05) is 13.2 Å². The Kier molecular flexibility index (Phi) is 64.7. The van der Waals surface area contributed by atoms with Crippen LogP contribution in [0.3, 0.4) is 0 Å². The maximum atomic E-state index is 12.9. The average molecular weight is 1110 g/mol. The van der Waals surface area contributed by atoms with Crippen LogP contribution in [0.1, 0.15) is 335 Å². The van der Waals surface area contributed by atoms with E-state index < -0.39 is 6.10 Å². The van der Waals surface area contributed by atoms with E-state index in [0.29, 0.717) is 12.8 Å². The predicted molar refractivity (Wildman–Crippen MR) is 348 cm³/mol. The SMILES string of the molecule is CC/C=C\C/C=C\C/C=C\C/C=C\C/C=C\CCCCCC(=O)OC(COC(=O)CCCCCCCCC/C=C\CCCCCCCCC)COC(=O)CCCCCCCCCCCCCCC/C=C\C/C=C\CCCCCCC. The third kappa shape index (κ3) is 65.1. The van der Waals surface area contributed by atoms with Gasteiger partial charge < -0.3 is 14.2 Å². The van der Waals surface area contributed by atoms with Crippen LogP contribution < -0.4 is 0 Å². The number of hydrogen-bond acceptors (Lipinski definition) is 6. The van der Waals surface area contributed by atoms with Crippen LogP contribution in [-0.4, -0.2) is 37.2 Å². The van der Waals surface area contributed by atoms with Gasteiger partial charge in [-0.3, -0.25) is 14.4 Å². The maximum absolute atomic E-state index is 12.9. The highest BCUT2D eigenvalue weighted by Gasteiger charge is 2.19. The van der Waals surface area contributed by atoms with Crippen molar-refractivity contribution in [3.8, 4) is 0 Å². The van der Waals surface area contributed by atoms with Gasteiger partial charge in [0, 0.05) is 19.3 Å². The first kappa shape index (κ1) is 76.3. The van der Waals surface area contributed by atoms with Crippen molar-refractivity contribution < 1.29 is 28.6 Å². The van der Waals surface area contributed by atoms with Gasteiger partial charge in [0.05, 0.1) is 0 Å². The van der Waals surface area contributed by atoms with Gasteiger partial charge in [-0.05, 0) is 122 Å². The summed E-state index contributed by atoms with van der Waals surface area (Å²) in [6, 6.07) is 0. The zero-order valence-electron chi connectivity index (χ0n) is 52.8. The summed E-state index contributed by atoms with van der Waals surface area (Å²) in [5.74, 6) is -0.916. The van der Waals surface area contributed by atoms with E-state index >= 15 is 0 Å². The molecule has 1 atom stereocenters. The van der Waals surface area contributed by atoms with Gasteiger partial charge >= 0.3 is 17.9 Å². The van der Waals surface area contributed by atoms with Crippen LogP contribution in [0, 0.1) is 0 Å². The van der Waals surface area contributed by atoms with Gasteiger partial charge in [-0.15, -0.1) is 0 Å². The van der Waals surface area contributed by atoms with Crippen LogP contribution in [-0.2, 0) is 28.6 Å². The van der Waals surface area contributed by atoms with Crippen molar-refractivity contribution in [2.45, 2.75) is 341 Å². The Bertz CT molecular complexity index is 1560. The molecule has 0 aromatic carbocycles. The molecule has 0 radical (unpaired) electrons. The standard InChI is InChI=1S/C74H128O6/c1-4-7-10-13-16-19-22-25-28-31-34-35-36-37-38-39-41-43-46-49-52-55-58-61-64-67-73(76)79-70-71(69-78-72(75)66-63-60-57-54-51-48-45-42-33-30-27-24-21-18-15-12-9-6-3)80-74(77)68-65-62-59-56-53-50-47-44-40-32-29-26-23-20-17-14-11-8-5-2/h8,11,17,20,22,25-26,29-31,33-34,40,44,50,53,71H,4-7,9-10,12-16,18-19,21,23-24,27-28,32,35-39,41-43,45-49,51-52,54-70H2,1-3H3/b11-8-,20-17-,25-22-,29-26-,33-30-,34-31-,44-40-,53-50-. The predicted octanol–water partition coefficient (Wildman–Crippen LogP) is 23.6. The first-order valence-electron chi connectivity index (χ1n) is 34.2. The number of hydrogen-bond donors (Lipinski definition) is 0. The Labute approximate surface area is 496 Å². The molecule has 460 valence electrons. The molecule has 0 spiro atoms. The second kappa shape index (κ2) is 67.8. The van der Waals surface area contributed by atoms with Crippen molar-refractivity contribution in [2.24, 2.45) is 0 Å². The van der Waals surface area contributed by atoms with Crippen LogP contribution in [0.15, 0.2) is 97.2 Å². The number of allylic oxidation sites excluding steroid dienone is 16. The molecule has 0 aromatic rings. The lowest BCUT2D eigenvalue weighted by Crippen LogP contribution is -2.30. The summed E-state index contributed by atoms with van der Waals surface area (Å²) in [5, 5.41) is 0. The Hall–Kier alpha value is -3.67. The van der Waals surface area contributed by atoms with Crippen LogP contribution in [0.25, 0.3) is 0 Å². The Morgan fingerprint density at radius 2 is 0.487 bits per heavy atom. The monoisotopic (exact) mass is 1110 g/mol. The lowest BCUT2D eigenvalue weighted by atomic mass is 10.0. The molecule has 0 aliphatic rings. The minimum Gasteiger partial charge on any atom is -0.462 e. The number of rotatable bonds is 62.